The van der Waals surface area contributed by atoms with Crippen molar-refractivity contribution < 1.29 is 24.1 Å². The third-order valence-corrected chi connectivity index (χ3v) is 12.0. The maximum atomic E-state index is 11.7. The summed E-state index contributed by atoms with van der Waals surface area (Å²) in [4.78, 5) is 11.7. The van der Waals surface area contributed by atoms with Gasteiger partial charge >= 0.3 is 5.97 Å². The SMILES string of the molecule is C/C1=C\CC2(C(C)C)CCC(C)(O2)C(O)CC/C(C)=C/CC1.C=C.CC(=O)OC1CC/C(C)=C/CC/C(C)=C/CC2(C(C)C)CCC1(C)O2. The van der Waals surface area contributed by atoms with Crippen LogP contribution in [0.15, 0.2) is 59.8 Å². The summed E-state index contributed by atoms with van der Waals surface area (Å²) >= 11 is 0. The minimum Gasteiger partial charge on any atom is -0.459 e. The molecule has 4 bridgehead atoms. The largest absolute Gasteiger partial charge is 0.459 e. The Hall–Kier alpha value is -1.95. The minimum absolute atomic E-state index is 0.104. The lowest BCUT2D eigenvalue weighted by Crippen LogP contribution is -2.46. The molecule has 5 heteroatoms. The van der Waals surface area contributed by atoms with Gasteiger partial charge in [0, 0.05) is 6.92 Å². The van der Waals surface area contributed by atoms with Crippen molar-refractivity contribution >= 4 is 5.97 Å². The van der Waals surface area contributed by atoms with Gasteiger partial charge in [-0.1, -0.05) is 74.3 Å². The fraction of sp³-hybridized carbons (Fsp3) is 0.750. The Morgan fingerprint density at radius 3 is 1.57 bits per heavy atom. The second-order valence-corrected chi connectivity index (χ2v) is 16.6. The van der Waals surface area contributed by atoms with Gasteiger partial charge in [0.1, 0.15) is 11.7 Å². The van der Waals surface area contributed by atoms with Gasteiger partial charge in [-0.3, -0.25) is 4.79 Å². The predicted octanol–water partition coefficient (Wildman–Crippen LogP) is 11.7. The van der Waals surface area contributed by atoms with E-state index in [-0.39, 0.29) is 35.0 Å². The highest BCUT2D eigenvalue weighted by atomic mass is 16.6. The molecular formula is C44H74O5. The number of ether oxygens (including phenoxy) is 3. The molecule has 0 aromatic heterocycles. The van der Waals surface area contributed by atoms with Crippen LogP contribution in [0.1, 0.15) is 166 Å². The topological polar surface area (TPSA) is 65.0 Å². The summed E-state index contributed by atoms with van der Waals surface area (Å²) in [6.07, 6.45) is 22.7. The average Bonchev–Trinajstić information content (AvgIpc) is 3.60. The number of carbonyl (C=O) groups excluding carboxylic acids is 1. The van der Waals surface area contributed by atoms with Crippen molar-refractivity contribution in [2.45, 2.75) is 201 Å². The van der Waals surface area contributed by atoms with Crippen molar-refractivity contribution in [3.63, 3.8) is 0 Å². The van der Waals surface area contributed by atoms with Crippen molar-refractivity contribution in [2.24, 2.45) is 11.8 Å². The van der Waals surface area contributed by atoms with Crippen LogP contribution in [0.25, 0.3) is 0 Å². The van der Waals surface area contributed by atoms with E-state index in [1.54, 1.807) is 0 Å². The Bertz CT molecular complexity index is 1190. The van der Waals surface area contributed by atoms with Crippen molar-refractivity contribution in [2.75, 3.05) is 0 Å². The molecule has 4 rings (SSSR count). The van der Waals surface area contributed by atoms with Crippen LogP contribution in [-0.2, 0) is 19.0 Å². The summed E-state index contributed by atoms with van der Waals surface area (Å²) in [6.45, 7) is 29.6. The quantitative estimate of drug-likeness (QED) is 0.237. The van der Waals surface area contributed by atoms with E-state index in [1.807, 2.05) is 0 Å². The second kappa shape index (κ2) is 19.0. The molecule has 0 aromatic carbocycles. The average molecular weight is 683 g/mol. The first-order chi connectivity index (χ1) is 22.9. The zero-order valence-corrected chi connectivity index (χ0v) is 33.5. The zero-order valence-electron chi connectivity index (χ0n) is 33.5. The number of aliphatic hydroxyl groups is 1. The van der Waals surface area contributed by atoms with Crippen molar-refractivity contribution in [3.8, 4) is 0 Å². The number of allylic oxidation sites excluding steroid dienone is 6. The highest BCUT2D eigenvalue weighted by Crippen LogP contribution is 2.49. The Kier molecular flexibility index (Phi) is 16.8. The van der Waals surface area contributed by atoms with E-state index in [1.165, 1.54) is 29.2 Å². The van der Waals surface area contributed by atoms with Gasteiger partial charge in [0.05, 0.1) is 22.9 Å². The number of fused-ring (bicyclic) bond motifs is 4. The number of hydrogen-bond acceptors (Lipinski definition) is 5. The predicted molar refractivity (Wildman–Crippen MR) is 207 cm³/mol. The van der Waals surface area contributed by atoms with Gasteiger partial charge in [-0.2, -0.15) is 0 Å². The Balaban J connectivity index is 0.000000326. The molecule has 5 nitrogen and oxygen atoms in total. The van der Waals surface area contributed by atoms with Crippen LogP contribution in [0.2, 0.25) is 0 Å². The number of esters is 1. The summed E-state index contributed by atoms with van der Waals surface area (Å²) in [6, 6.07) is 0. The first kappa shape index (κ1) is 43.2. The zero-order chi connectivity index (χ0) is 37.0. The van der Waals surface area contributed by atoms with Gasteiger partial charge in [-0.15, -0.1) is 13.2 Å². The van der Waals surface area contributed by atoms with Crippen molar-refractivity contribution in [1.29, 1.82) is 0 Å². The van der Waals surface area contributed by atoms with Crippen LogP contribution in [0, 0.1) is 11.8 Å². The van der Waals surface area contributed by atoms with Crippen LogP contribution in [0.3, 0.4) is 0 Å². The second-order valence-electron chi connectivity index (χ2n) is 16.6. The van der Waals surface area contributed by atoms with Gasteiger partial charge in [-0.25, -0.2) is 0 Å². The van der Waals surface area contributed by atoms with E-state index in [4.69, 9.17) is 14.2 Å². The fourth-order valence-corrected chi connectivity index (χ4v) is 8.00. The van der Waals surface area contributed by atoms with E-state index >= 15 is 0 Å². The Morgan fingerprint density at radius 2 is 1.12 bits per heavy atom. The molecule has 49 heavy (non-hydrogen) atoms. The van der Waals surface area contributed by atoms with Gasteiger partial charge in [-0.05, 0) is 143 Å². The maximum Gasteiger partial charge on any atom is 0.303 e. The van der Waals surface area contributed by atoms with Crippen molar-refractivity contribution in [1.82, 2.24) is 0 Å². The molecule has 0 aliphatic carbocycles. The first-order valence-electron chi connectivity index (χ1n) is 19.3. The smallest absolute Gasteiger partial charge is 0.303 e. The molecule has 4 heterocycles. The normalized spacial score (nSPS) is 38.9. The van der Waals surface area contributed by atoms with Crippen LogP contribution >= 0.6 is 0 Å². The molecule has 0 amide bonds. The summed E-state index contributed by atoms with van der Waals surface area (Å²) < 4.78 is 19.1. The van der Waals surface area contributed by atoms with E-state index in [0.29, 0.717) is 11.8 Å². The van der Waals surface area contributed by atoms with Crippen LogP contribution < -0.4 is 0 Å². The molecule has 0 spiro atoms. The van der Waals surface area contributed by atoms with Gasteiger partial charge in [0.2, 0.25) is 0 Å². The van der Waals surface area contributed by atoms with E-state index in [0.717, 1.165) is 89.9 Å². The number of rotatable bonds is 3. The van der Waals surface area contributed by atoms with E-state index in [9.17, 15) is 9.90 Å². The lowest BCUT2D eigenvalue weighted by Gasteiger charge is -2.39. The van der Waals surface area contributed by atoms with E-state index < -0.39 is 5.60 Å². The number of carbonyl (C=O) groups is 1. The molecule has 6 unspecified atom stereocenters. The number of aliphatic hydroxyl groups excluding tert-OH is 1. The molecule has 0 radical (unpaired) electrons. The lowest BCUT2D eigenvalue weighted by atomic mass is 9.82. The molecule has 4 aliphatic rings. The molecule has 0 saturated carbocycles. The molecule has 0 aromatic rings. The minimum atomic E-state index is -0.397. The van der Waals surface area contributed by atoms with Gasteiger partial charge in [0.15, 0.2) is 0 Å². The molecule has 2 saturated heterocycles. The summed E-state index contributed by atoms with van der Waals surface area (Å²) in [5.74, 6) is 0.690. The Morgan fingerprint density at radius 1 is 0.714 bits per heavy atom. The number of hydrogen-bond donors (Lipinski definition) is 1. The van der Waals surface area contributed by atoms with Gasteiger partial charge in [0.25, 0.3) is 0 Å². The van der Waals surface area contributed by atoms with Crippen LogP contribution in [0.4, 0.5) is 0 Å². The third kappa shape index (κ3) is 12.1. The highest BCUT2D eigenvalue weighted by Gasteiger charge is 2.53. The Labute approximate surface area is 301 Å². The molecule has 2 fully saturated rings. The molecule has 6 atom stereocenters. The molecule has 280 valence electrons. The standard InChI is InChI=1S/C22H36O3.C20H34O2.C2H4/c1-16(2)22-13-12-18(4)9-7-8-17(3)10-11-20(24-19(5)23)21(6,25-22)14-15-22;1-15(2)20-12-11-17(4)8-6-7-16(3)9-10-18(21)19(5,22-20)13-14-20;1-2/h8,12,16,20H,7,9-11,13-15H2,1-6H3;7,11,15,18,21H,6,8-10,12-14H2,1-5H3;1-2H2/b17-8+,18-12+;16-7+,17-11+;. The third-order valence-electron chi connectivity index (χ3n) is 12.0. The molecule has 1 N–H and O–H groups in total. The lowest BCUT2D eigenvalue weighted by molar-refractivity contribution is -0.186. The summed E-state index contributed by atoms with van der Waals surface area (Å²) in [5, 5.41) is 10.7. The maximum absolute atomic E-state index is 11.7. The fourth-order valence-electron chi connectivity index (χ4n) is 8.00. The van der Waals surface area contributed by atoms with Crippen LogP contribution in [-0.4, -0.2) is 45.7 Å². The van der Waals surface area contributed by atoms with Crippen LogP contribution in [0.5, 0.6) is 0 Å². The first-order valence-corrected chi connectivity index (χ1v) is 19.3. The summed E-state index contributed by atoms with van der Waals surface area (Å²) in [7, 11) is 0. The van der Waals surface area contributed by atoms with Crippen molar-refractivity contribution in [3.05, 3.63) is 59.8 Å². The highest BCUT2D eigenvalue weighted by molar-refractivity contribution is 5.66. The molecule has 4 aliphatic heterocycles. The van der Waals surface area contributed by atoms with E-state index in [2.05, 4.69) is 107 Å². The summed E-state index contributed by atoms with van der Waals surface area (Å²) in [5.41, 5.74) is 4.63. The van der Waals surface area contributed by atoms with Gasteiger partial charge < -0.3 is 19.3 Å². The monoisotopic (exact) mass is 683 g/mol. The molecular weight excluding hydrogens is 608 g/mol.